The van der Waals surface area contributed by atoms with E-state index >= 15 is 0 Å². The number of nitrogens with zero attached hydrogens (tertiary/aromatic N) is 2. The third-order valence-electron chi connectivity index (χ3n) is 2.54. The second-order valence-corrected chi connectivity index (χ2v) is 3.73. The Morgan fingerprint density at radius 2 is 2.44 bits per heavy atom. The van der Waals surface area contributed by atoms with Crippen molar-refractivity contribution < 1.29 is 0 Å². The highest BCUT2D eigenvalue weighted by molar-refractivity contribution is 5.85. The Bertz CT molecular complexity index is 368. The lowest BCUT2D eigenvalue weighted by Crippen LogP contribution is -2.38. The molecule has 4 nitrogen and oxygen atoms in total. The average molecular weight is 239 g/mol. The van der Waals surface area contributed by atoms with Crippen molar-refractivity contribution in [2.24, 2.45) is 0 Å². The fraction of sp³-hybridized carbons (Fsp3) is 0.455. The third kappa shape index (κ3) is 3.37. The molecule has 2 rings (SSSR count). The lowest BCUT2D eigenvalue weighted by atomic mass is 10.1. The molecule has 0 aliphatic carbocycles. The highest BCUT2D eigenvalue weighted by Crippen LogP contribution is 2.11. The van der Waals surface area contributed by atoms with Gasteiger partial charge in [0.1, 0.15) is 5.82 Å². The van der Waals surface area contributed by atoms with E-state index in [9.17, 15) is 0 Å². The number of aromatic nitrogens is 1. The van der Waals surface area contributed by atoms with Crippen LogP contribution in [0.3, 0.4) is 0 Å². The molecule has 0 amide bonds. The summed E-state index contributed by atoms with van der Waals surface area (Å²) in [6, 6.07) is 6.04. The Hall–Kier alpha value is -1.31. The van der Waals surface area contributed by atoms with Gasteiger partial charge >= 0.3 is 0 Å². The normalized spacial score (nSPS) is 19.3. The Morgan fingerprint density at radius 1 is 1.56 bits per heavy atom. The van der Waals surface area contributed by atoms with Crippen LogP contribution in [0.2, 0.25) is 0 Å². The molecule has 1 saturated heterocycles. The lowest BCUT2D eigenvalue weighted by Gasteiger charge is -2.24. The van der Waals surface area contributed by atoms with Gasteiger partial charge in [0.2, 0.25) is 0 Å². The zero-order chi connectivity index (χ0) is 10.5. The van der Waals surface area contributed by atoms with Crippen molar-refractivity contribution in [3.05, 3.63) is 23.9 Å². The molecule has 1 aromatic rings. The largest absolute Gasteiger partial charge is 0.366 e. The summed E-state index contributed by atoms with van der Waals surface area (Å²) in [4.78, 5) is 4.19. The topological polar surface area (TPSA) is 60.7 Å². The zero-order valence-corrected chi connectivity index (χ0v) is 9.76. The predicted octanol–water partition coefficient (Wildman–Crippen LogP) is 1.54. The summed E-state index contributed by atoms with van der Waals surface area (Å²) in [7, 11) is 0. The van der Waals surface area contributed by atoms with Crippen LogP contribution in [0.1, 0.15) is 18.4 Å². The molecule has 1 atom stereocenters. The van der Waals surface area contributed by atoms with Gasteiger partial charge in [-0.15, -0.1) is 12.4 Å². The highest BCUT2D eigenvalue weighted by atomic mass is 35.5. The minimum Gasteiger partial charge on any atom is -0.366 e. The van der Waals surface area contributed by atoms with Gasteiger partial charge in [0, 0.05) is 18.8 Å². The standard InChI is InChI=1S/C11H14N4.ClH/c12-7-9-3-5-14-11(6-9)15-10-2-1-4-13-8-10;/h3,5-6,10,13H,1-2,4,8H2,(H,14,15);1H/t10-;/m0./s1. The van der Waals surface area contributed by atoms with Crippen LogP contribution in [-0.2, 0) is 0 Å². The molecule has 0 radical (unpaired) electrons. The van der Waals surface area contributed by atoms with Crippen LogP contribution in [0.15, 0.2) is 18.3 Å². The maximum absolute atomic E-state index is 8.75. The fourth-order valence-electron chi connectivity index (χ4n) is 1.76. The Morgan fingerprint density at radius 3 is 3.12 bits per heavy atom. The molecule has 86 valence electrons. The molecule has 1 aromatic heterocycles. The molecule has 0 spiro atoms. The molecule has 1 aliphatic rings. The first kappa shape index (κ1) is 12.8. The van der Waals surface area contributed by atoms with E-state index < -0.39 is 0 Å². The van der Waals surface area contributed by atoms with Gasteiger partial charge in [-0.25, -0.2) is 4.98 Å². The van der Waals surface area contributed by atoms with E-state index in [2.05, 4.69) is 21.7 Å². The number of nitriles is 1. The van der Waals surface area contributed by atoms with Crippen LogP contribution in [0.25, 0.3) is 0 Å². The number of nitrogens with one attached hydrogen (secondary N) is 2. The van der Waals surface area contributed by atoms with Crippen LogP contribution in [-0.4, -0.2) is 24.1 Å². The molecular weight excluding hydrogens is 224 g/mol. The summed E-state index contributed by atoms with van der Waals surface area (Å²) in [5.41, 5.74) is 0.649. The summed E-state index contributed by atoms with van der Waals surface area (Å²) >= 11 is 0. The number of pyridine rings is 1. The van der Waals surface area contributed by atoms with Crippen LogP contribution in [0.4, 0.5) is 5.82 Å². The van der Waals surface area contributed by atoms with E-state index in [0.29, 0.717) is 11.6 Å². The van der Waals surface area contributed by atoms with Gasteiger partial charge < -0.3 is 10.6 Å². The SMILES string of the molecule is Cl.N#Cc1ccnc(N[C@H]2CCCNC2)c1. The van der Waals surface area contributed by atoms with Crippen LogP contribution >= 0.6 is 12.4 Å². The minimum absolute atomic E-state index is 0. The number of halogens is 1. The number of anilines is 1. The van der Waals surface area contributed by atoms with Gasteiger partial charge in [0.05, 0.1) is 11.6 Å². The van der Waals surface area contributed by atoms with Crippen LogP contribution in [0, 0.1) is 11.3 Å². The molecule has 0 aromatic carbocycles. The van der Waals surface area contributed by atoms with E-state index in [-0.39, 0.29) is 12.4 Å². The zero-order valence-electron chi connectivity index (χ0n) is 8.94. The van der Waals surface area contributed by atoms with E-state index in [0.717, 1.165) is 25.3 Å². The van der Waals surface area contributed by atoms with Gasteiger partial charge in [-0.3, -0.25) is 0 Å². The van der Waals surface area contributed by atoms with E-state index in [4.69, 9.17) is 5.26 Å². The van der Waals surface area contributed by atoms with Gasteiger partial charge in [0.25, 0.3) is 0 Å². The summed E-state index contributed by atoms with van der Waals surface area (Å²) < 4.78 is 0. The lowest BCUT2D eigenvalue weighted by molar-refractivity contribution is 0.479. The molecule has 0 saturated carbocycles. The molecular formula is C11H15ClN4. The van der Waals surface area contributed by atoms with Crippen molar-refractivity contribution in [2.75, 3.05) is 18.4 Å². The molecule has 1 aliphatic heterocycles. The number of rotatable bonds is 2. The molecule has 2 heterocycles. The highest BCUT2D eigenvalue weighted by Gasteiger charge is 2.12. The molecule has 0 bridgehead atoms. The summed E-state index contributed by atoms with van der Waals surface area (Å²) in [5.74, 6) is 0.794. The van der Waals surface area contributed by atoms with Gasteiger partial charge in [0.15, 0.2) is 0 Å². The Labute approximate surface area is 101 Å². The van der Waals surface area contributed by atoms with E-state index in [1.54, 1.807) is 18.3 Å². The van der Waals surface area contributed by atoms with Crippen molar-refractivity contribution in [2.45, 2.75) is 18.9 Å². The maximum Gasteiger partial charge on any atom is 0.127 e. The van der Waals surface area contributed by atoms with Gasteiger partial charge in [-0.2, -0.15) is 5.26 Å². The molecule has 16 heavy (non-hydrogen) atoms. The first-order valence-electron chi connectivity index (χ1n) is 5.22. The first-order valence-corrected chi connectivity index (χ1v) is 5.22. The molecule has 1 fully saturated rings. The second kappa shape index (κ2) is 6.31. The molecule has 5 heteroatoms. The smallest absolute Gasteiger partial charge is 0.127 e. The van der Waals surface area contributed by atoms with Crippen LogP contribution < -0.4 is 10.6 Å². The average Bonchev–Trinajstić information content (AvgIpc) is 2.31. The Balaban J connectivity index is 0.00000128. The summed E-state index contributed by atoms with van der Waals surface area (Å²) in [6.45, 7) is 2.07. The second-order valence-electron chi connectivity index (χ2n) is 3.73. The summed E-state index contributed by atoms with van der Waals surface area (Å²) in [5, 5.41) is 15.4. The fourth-order valence-corrected chi connectivity index (χ4v) is 1.76. The van der Waals surface area contributed by atoms with Crippen LogP contribution in [0.5, 0.6) is 0 Å². The number of hydrogen-bond acceptors (Lipinski definition) is 4. The maximum atomic E-state index is 8.75. The van der Waals surface area contributed by atoms with Crippen molar-refractivity contribution in [1.29, 1.82) is 5.26 Å². The monoisotopic (exact) mass is 238 g/mol. The van der Waals surface area contributed by atoms with Gasteiger partial charge in [-0.1, -0.05) is 0 Å². The van der Waals surface area contributed by atoms with E-state index in [1.807, 2.05) is 0 Å². The Kier molecular flexibility index (Phi) is 5.03. The first-order chi connectivity index (χ1) is 7.38. The van der Waals surface area contributed by atoms with Gasteiger partial charge in [-0.05, 0) is 31.5 Å². The quantitative estimate of drug-likeness (QED) is 0.821. The van der Waals surface area contributed by atoms with E-state index in [1.165, 1.54) is 6.42 Å². The third-order valence-corrected chi connectivity index (χ3v) is 2.54. The number of hydrogen-bond donors (Lipinski definition) is 2. The predicted molar refractivity (Wildman–Crippen MR) is 65.7 cm³/mol. The van der Waals surface area contributed by atoms with Crippen molar-refractivity contribution in [1.82, 2.24) is 10.3 Å². The molecule has 0 unspecified atom stereocenters. The van der Waals surface area contributed by atoms with Crippen molar-refractivity contribution in [3.8, 4) is 6.07 Å². The molecule has 2 N–H and O–H groups in total. The van der Waals surface area contributed by atoms with Crippen molar-refractivity contribution in [3.63, 3.8) is 0 Å². The van der Waals surface area contributed by atoms with Crippen molar-refractivity contribution >= 4 is 18.2 Å². The minimum atomic E-state index is 0. The number of piperidine rings is 1. The summed E-state index contributed by atoms with van der Waals surface area (Å²) in [6.07, 6.45) is 4.01.